The Hall–Kier alpha value is -0.940. The van der Waals surface area contributed by atoms with Gasteiger partial charge in [-0.3, -0.25) is 14.5 Å². The Kier molecular flexibility index (Phi) is 4.58. The van der Waals surface area contributed by atoms with Crippen LogP contribution in [0.25, 0.3) is 0 Å². The number of methoxy groups -OCH3 is 1. The summed E-state index contributed by atoms with van der Waals surface area (Å²) in [7, 11) is 1.58. The van der Waals surface area contributed by atoms with Crippen LogP contribution in [-0.4, -0.2) is 61.5 Å². The fourth-order valence-corrected chi connectivity index (χ4v) is 2.92. The minimum atomic E-state index is -0.114. The molecule has 2 aliphatic rings. The lowest BCUT2D eigenvalue weighted by atomic mass is 10.00. The Morgan fingerprint density at radius 1 is 1.16 bits per heavy atom. The molecule has 0 spiro atoms. The minimum absolute atomic E-state index is 0.000836. The quantitative estimate of drug-likeness (QED) is 0.662. The molecule has 19 heavy (non-hydrogen) atoms. The monoisotopic (exact) mass is 268 g/mol. The van der Waals surface area contributed by atoms with E-state index in [1.54, 1.807) is 7.11 Å². The van der Waals surface area contributed by atoms with Gasteiger partial charge in [-0.05, 0) is 18.9 Å². The van der Waals surface area contributed by atoms with E-state index >= 15 is 0 Å². The first-order chi connectivity index (χ1) is 9.04. The van der Waals surface area contributed by atoms with Crippen LogP contribution < -0.4 is 0 Å². The van der Waals surface area contributed by atoms with E-state index in [0.717, 1.165) is 26.1 Å². The first-order valence-electron chi connectivity index (χ1n) is 7.11. The highest BCUT2D eigenvalue weighted by Crippen LogP contribution is 2.33. The van der Waals surface area contributed by atoms with Crippen LogP contribution in [0.2, 0.25) is 0 Å². The van der Waals surface area contributed by atoms with Gasteiger partial charge in [0.25, 0.3) is 0 Å². The summed E-state index contributed by atoms with van der Waals surface area (Å²) in [6, 6.07) is 0. The highest BCUT2D eigenvalue weighted by Gasteiger charge is 2.51. The maximum Gasteiger partial charge on any atom is 0.234 e. The molecule has 0 aliphatic carbocycles. The molecule has 5 nitrogen and oxygen atoms in total. The van der Waals surface area contributed by atoms with Crippen molar-refractivity contribution in [3.63, 3.8) is 0 Å². The van der Waals surface area contributed by atoms with Crippen LogP contribution in [0.5, 0.6) is 0 Å². The molecule has 0 saturated carbocycles. The van der Waals surface area contributed by atoms with Crippen LogP contribution in [-0.2, 0) is 14.3 Å². The predicted octanol–water partition coefficient (Wildman–Crippen LogP) is 0.596. The van der Waals surface area contributed by atoms with E-state index < -0.39 is 0 Å². The van der Waals surface area contributed by atoms with Crippen molar-refractivity contribution in [1.82, 2.24) is 9.80 Å². The molecule has 2 rings (SSSR count). The summed E-state index contributed by atoms with van der Waals surface area (Å²) >= 11 is 0. The summed E-state index contributed by atoms with van der Waals surface area (Å²) in [6.45, 7) is 7.68. The van der Waals surface area contributed by atoms with Gasteiger partial charge in [-0.25, -0.2) is 0 Å². The number of fused-ring (bicyclic) bond motifs is 1. The third kappa shape index (κ3) is 2.98. The molecule has 0 radical (unpaired) electrons. The van der Waals surface area contributed by atoms with Crippen LogP contribution in [0.4, 0.5) is 0 Å². The molecule has 108 valence electrons. The standard InChI is InChI=1S/C14H24N2O3/c1-10(2)4-5-15-8-11-12(9-15)14(18)16(13(11)17)6-7-19-3/h10-12H,4-9H2,1-3H3/t11-,12+. The summed E-state index contributed by atoms with van der Waals surface area (Å²) in [5.74, 6) is 0.427. The number of imide groups is 1. The number of carbonyl (C=O) groups is 2. The number of hydrogen-bond donors (Lipinski definition) is 0. The van der Waals surface area contributed by atoms with Gasteiger partial charge in [-0.2, -0.15) is 0 Å². The summed E-state index contributed by atoms with van der Waals surface area (Å²) in [6.07, 6.45) is 1.12. The lowest BCUT2D eigenvalue weighted by molar-refractivity contribution is -0.141. The summed E-state index contributed by atoms with van der Waals surface area (Å²) < 4.78 is 4.95. The molecule has 2 amide bonds. The third-order valence-electron chi connectivity index (χ3n) is 4.10. The summed E-state index contributed by atoms with van der Waals surface area (Å²) in [5, 5.41) is 0. The Bertz CT molecular complexity index is 333. The van der Waals surface area contributed by atoms with E-state index in [2.05, 4.69) is 18.7 Å². The van der Waals surface area contributed by atoms with Crippen LogP contribution in [0.15, 0.2) is 0 Å². The van der Waals surface area contributed by atoms with Crippen molar-refractivity contribution in [3.8, 4) is 0 Å². The zero-order valence-corrected chi connectivity index (χ0v) is 12.1. The number of amides is 2. The Balaban J connectivity index is 1.91. The Morgan fingerprint density at radius 2 is 1.74 bits per heavy atom. The van der Waals surface area contributed by atoms with E-state index in [9.17, 15) is 9.59 Å². The fraction of sp³-hybridized carbons (Fsp3) is 0.857. The average molecular weight is 268 g/mol. The number of likely N-dealkylation sites (tertiary alicyclic amines) is 2. The Morgan fingerprint density at radius 3 is 2.21 bits per heavy atom. The first kappa shape index (κ1) is 14.5. The van der Waals surface area contributed by atoms with Crippen molar-refractivity contribution < 1.29 is 14.3 Å². The van der Waals surface area contributed by atoms with Crippen molar-refractivity contribution in [1.29, 1.82) is 0 Å². The van der Waals surface area contributed by atoms with E-state index in [1.807, 2.05) is 0 Å². The van der Waals surface area contributed by atoms with Gasteiger partial charge in [0, 0.05) is 20.2 Å². The van der Waals surface area contributed by atoms with Crippen molar-refractivity contribution in [2.75, 3.05) is 39.9 Å². The van der Waals surface area contributed by atoms with Gasteiger partial charge in [0.1, 0.15) is 0 Å². The first-order valence-corrected chi connectivity index (χ1v) is 7.11. The van der Waals surface area contributed by atoms with E-state index in [-0.39, 0.29) is 23.7 Å². The van der Waals surface area contributed by atoms with Gasteiger partial charge in [-0.15, -0.1) is 0 Å². The van der Waals surface area contributed by atoms with E-state index in [4.69, 9.17) is 4.74 Å². The largest absolute Gasteiger partial charge is 0.383 e. The molecule has 2 atom stereocenters. The fourth-order valence-electron chi connectivity index (χ4n) is 2.92. The van der Waals surface area contributed by atoms with Crippen LogP contribution >= 0.6 is 0 Å². The SMILES string of the molecule is COCCN1C(=O)[C@H]2CN(CCC(C)C)C[C@H]2C1=O. The summed E-state index contributed by atoms with van der Waals surface area (Å²) in [5.41, 5.74) is 0. The number of hydrogen-bond acceptors (Lipinski definition) is 4. The van der Waals surface area contributed by atoms with Crippen molar-refractivity contribution in [2.24, 2.45) is 17.8 Å². The number of nitrogens with zero attached hydrogens (tertiary/aromatic N) is 2. The van der Waals surface area contributed by atoms with Crippen LogP contribution in [0, 0.1) is 17.8 Å². The average Bonchev–Trinajstić information content (AvgIpc) is 2.87. The maximum atomic E-state index is 12.2. The van der Waals surface area contributed by atoms with Gasteiger partial charge in [0.15, 0.2) is 0 Å². The zero-order chi connectivity index (χ0) is 14.0. The highest BCUT2D eigenvalue weighted by molar-refractivity contribution is 6.05. The molecule has 0 aromatic rings. The molecule has 0 bridgehead atoms. The Labute approximate surface area is 114 Å². The van der Waals surface area contributed by atoms with Gasteiger partial charge in [-0.1, -0.05) is 13.8 Å². The molecule has 2 saturated heterocycles. The molecule has 0 N–H and O–H groups in total. The second-order valence-electron chi connectivity index (χ2n) is 5.98. The van der Waals surface area contributed by atoms with Crippen molar-refractivity contribution in [2.45, 2.75) is 20.3 Å². The molecule has 0 aromatic carbocycles. The van der Waals surface area contributed by atoms with Gasteiger partial charge >= 0.3 is 0 Å². The maximum absolute atomic E-state index is 12.2. The van der Waals surface area contributed by atoms with Crippen molar-refractivity contribution in [3.05, 3.63) is 0 Å². The van der Waals surface area contributed by atoms with Gasteiger partial charge in [0.2, 0.25) is 11.8 Å². The molecule has 0 aromatic heterocycles. The second kappa shape index (κ2) is 6.01. The molecule has 2 aliphatic heterocycles. The predicted molar refractivity (Wildman–Crippen MR) is 71.5 cm³/mol. The molecule has 0 unspecified atom stereocenters. The normalized spacial score (nSPS) is 27.7. The van der Waals surface area contributed by atoms with E-state index in [0.29, 0.717) is 19.1 Å². The smallest absolute Gasteiger partial charge is 0.234 e. The third-order valence-corrected chi connectivity index (χ3v) is 4.10. The van der Waals surface area contributed by atoms with E-state index in [1.165, 1.54) is 4.90 Å². The zero-order valence-electron chi connectivity index (χ0n) is 12.1. The molecule has 5 heteroatoms. The molecular formula is C14H24N2O3. The van der Waals surface area contributed by atoms with Gasteiger partial charge in [0.05, 0.1) is 25.0 Å². The second-order valence-corrected chi connectivity index (χ2v) is 5.98. The highest BCUT2D eigenvalue weighted by atomic mass is 16.5. The summed E-state index contributed by atoms with van der Waals surface area (Å²) in [4.78, 5) is 28.1. The van der Waals surface area contributed by atoms with Crippen LogP contribution in [0.3, 0.4) is 0 Å². The van der Waals surface area contributed by atoms with Crippen molar-refractivity contribution >= 4 is 11.8 Å². The number of ether oxygens (including phenoxy) is 1. The number of carbonyl (C=O) groups excluding carboxylic acids is 2. The lowest BCUT2D eigenvalue weighted by Crippen LogP contribution is -2.38. The minimum Gasteiger partial charge on any atom is -0.383 e. The van der Waals surface area contributed by atoms with Crippen LogP contribution in [0.1, 0.15) is 20.3 Å². The molecule has 2 fully saturated rings. The molecular weight excluding hydrogens is 244 g/mol. The lowest BCUT2D eigenvalue weighted by Gasteiger charge is -2.20. The molecule has 2 heterocycles. The topological polar surface area (TPSA) is 49.9 Å². The van der Waals surface area contributed by atoms with Gasteiger partial charge < -0.3 is 9.64 Å². The number of rotatable bonds is 6.